The maximum Gasteiger partial charge on any atom is 0.407 e. The van der Waals surface area contributed by atoms with E-state index in [0.717, 1.165) is 28.8 Å². The summed E-state index contributed by atoms with van der Waals surface area (Å²) in [6.07, 6.45) is 2.32. The summed E-state index contributed by atoms with van der Waals surface area (Å²) in [6.45, 7) is 4.30. The molecule has 0 fully saturated rings. The number of amides is 1. The molecule has 6 nitrogen and oxygen atoms in total. The number of hydrogen-bond donors (Lipinski definition) is 1. The first-order valence-corrected chi connectivity index (χ1v) is 15.3. The van der Waals surface area contributed by atoms with E-state index in [1.807, 2.05) is 49.4 Å². The first kappa shape index (κ1) is 27.5. The van der Waals surface area contributed by atoms with Gasteiger partial charge in [0.1, 0.15) is 9.96 Å². The molecule has 1 aliphatic rings. The minimum Gasteiger partial charge on any atom is -0.494 e. The number of carbonyl (C=O) groups excluding carboxylic acids is 1. The van der Waals surface area contributed by atoms with Gasteiger partial charge in [-0.25, -0.2) is 13.2 Å². The number of thiophene rings is 1. The van der Waals surface area contributed by atoms with Crippen molar-refractivity contribution in [1.82, 2.24) is 5.32 Å². The van der Waals surface area contributed by atoms with Crippen LogP contribution in [0.1, 0.15) is 47.3 Å². The van der Waals surface area contributed by atoms with Crippen LogP contribution in [-0.2, 0) is 27.4 Å². The number of ether oxygens (including phenoxy) is 2. The average molecular weight is 562 g/mol. The third-order valence-corrected chi connectivity index (χ3v) is 10.1. The lowest BCUT2D eigenvalue weighted by molar-refractivity contribution is 0.144. The van der Waals surface area contributed by atoms with Crippen molar-refractivity contribution in [3.05, 3.63) is 81.2 Å². The van der Waals surface area contributed by atoms with Gasteiger partial charge in [0.2, 0.25) is 0 Å². The number of halogens is 1. The molecule has 3 aromatic rings. The number of hydrogen-bond acceptors (Lipinski definition) is 6. The number of sulfone groups is 1. The smallest absolute Gasteiger partial charge is 0.407 e. The molecule has 9 heteroatoms. The largest absolute Gasteiger partial charge is 0.494 e. The maximum atomic E-state index is 12.6. The molecule has 4 rings (SSSR count). The fourth-order valence-corrected chi connectivity index (χ4v) is 7.68. The minimum absolute atomic E-state index is 0.0117. The van der Waals surface area contributed by atoms with E-state index in [9.17, 15) is 13.2 Å². The number of fused-ring (bicyclic) bond motifs is 1. The Bertz CT molecular complexity index is 1340. The molecule has 0 radical (unpaired) electrons. The monoisotopic (exact) mass is 561 g/mol. The molecular formula is C28H32ClNO5S2. The second-order valence-corrected chi connectivity index (χ2v) is 13.3. The molecule has 1 N–H and O–H groups in total. The first-order valence-electron chi connectivity index (χ1n) is 12.5. The lowest BCUT2D eigenvalue weighted by Crippen LogP contribution is -2.43. The van der Waals surface area contributed by atoms with Crippen LogP contribution in [0, 0.1) is 6.92 Å². The van der Waals surface area contributed by atoms with Crippen LogP contribution in [-0.4, -0.2) is 39.5 Å². The molecule has 0 aliphatic heterocycles. The summed E-state index contributed by atoms with van der Waals surface area (Å²) in [5.41, 5.74) is 3.42. The van der Waals surface area contributed by atoms with E-state index >= 15 is 0 Å². The van der Waals surface area contributed by atoms with Crippen molar-refractivity contribution in [2.45, 2.75) is 55.7 Å². The van der Waals surface area contributed by atoms with Gasteiger partial charge < -0.3 is 14.8 Å². The predicted molar refractivity (Wildman–Crippen MR) is 148 cm³/mol. The Hall–Kier alpha value is -2.55. The highest BCUT2D eigenvalue weighted by atomic mass is 35.5. The third-order valence-electron chi connectivity index (χ3n) is 6.50. The van der Waals surface area contributed by atoms with Crippen LogP contribution in [0.5, 0.6) is 5.75 Å². The van der Waals surface area contributed by atoms with E-state index in [1.54, 1.807) is 13.0 Å². The van der Waals surface area contributed by atoms with Crippen LogP contribution in [0.15, 0.2) is 58.8 Å². The Morgan fingerprint density at radius 1 is 1.16 bits per heavy atom. The van der Waals surface area contributed by atoms with Crippen molar-refractivity contribution in [3.63, 3.8) is 0 Å². The number of nitrogens with one attached hydrogen (secondary N) is 1. The van der Waals surface area contributed by atoms with E-state index < -0.39 is 15.9 Å². The summed E-state index contributed by atoms with van der Waals surface area (Å²) in [4.78, 5) is 13.3. The Morgan fingerprint density at radius 3 is 2.73 bits per heavy atom. The number of rotatable bonds is 10. The molecule has 1 aromatic heterocycles. The van der Waals surface area contributed by atoms with E-state index in [-0.39, 0.29) is 17.7 Å². The zero-order chi connectivity index (χ0) is 26.4. The van der Waals surface area contributed by atoms with Crippen molar-refractivity contribution >= 4 is 38.9 Å². The van der Waals surface area contributed by atoms with E-state index in [4.69, 9.17) is 21.1 Å². The average Bonchev–Trinajstić information content (AvgIpc) is 3.31. The SMILES string of the molecule is CCOC(=O)NC1CCc2ccc(OCCCS(=O)(=O)c3ccc(C)s3)cc2C1Cc1cccc(Cl)c1. The van der Waals surface area contributed by atoms with Gasteiger partial charge in [-0.2, -0.15) is 0 Å². The molecule has 0 spiro atoms. The van der Waals surface area contributed by atoms with Gasteiger partial charge in [0.05, 0.1) is 19.0 Å². The van der Waals surface area contributed by atoms with Gasteiger partial charge in [0.25, 0.3) is 0 Å². The minimum atomic E-state index is -3.30. The van der Waals surface area contributed by atoms with Crippen molar-refractivity contribution in [1.29, 1.82) is 0 Å². The van der Waals surface area contributed by atoms with E-state index in [2.05, 4.69) is 11.4 Å². The van der Waals surface area contributed by atoms with Crippen LogP contribution in [0.4, 0.5) is 4.79 Å². The highest BCUT2D eigenvalue weighted by Crippen LogP contribution is 2.37. The fraction of sp³-hybridized carbons (Fsp3) is 0.393. The highest BCUT2D eigenvalue weighted by molar-refractivity contribution is 7.93. The summed E-state index contributed by atoms with van der Waals surface area (Å²) < 4.78 is 36.7. The van der Waals surface area contributed by atoms with Crippen LogP contribution in [0.2, 0.25) is 5.02 Å². The van der Waals surface area contributed by atoms with Gasteiger partial charge in [0, 0.05) is 21.9 Å². The van der Waals surface area contributed by atoms with Crippen molar-refractivity contribution in [2.75, 3.05) is 19.0 Å². The molecule has 1 amide bonds. The normalized spacial score (nSPS) is 17.2. The molecule has 1 heterocycles. The molecule has 2 atom stereocenters. The summed E-state index contributed by atoms with van der Waals surface area (Å²) in [5, 5.41) is 3.72. The van der Waals surface area contributed by atoms with E-state index in [1.165, 1.54) is 16.9 Å². The summed E-state index contributed by atoms with van der Waals surface area (Å²) in [7, 11) is -3.30. The van der Waals surface area contributed by atoms with Crippen molar-refractivity contribution in [3.8, 4) is 5.75 Å². The fourth-order valence-electron chi connectivity index (χ4n) is 4.75. The summed E-state index contributed by atoms with van der Waals surface area (Å²) in [6, 6.07) is 17.2. The molecule has 0 saturated heterocycles. The standard InChI is InChI=1S/C28H32ClNO5S2/c1-3-34-28(31)30-26-12-10-21-9-11-23(18-24(21)25(26)17-20-6-4-7-22(29)16-20)35-14-5-15-37(32,33)27-13-8-19(2)36-27/h4,6-9,11,13,16,18,25-26H,3,5,10,12,14-15,17H2,1-2H3,(H,30,31). The Morgan fingerprint density at radius 2 is 2.00 bits per heavy atom. The van der Waals surface area contributed by atoms with Gasteiger partial charge in [-0.05, 0) is 92.6 Å². The lowest BCUT2D eigenvalue weighted by Gasteiger charge is -2.34. The summed E-state index contributed by atoms with van der Waals surface area (Å²) >= 11 is 7.54. The lowest BCUT2D eigenvalue weighted by atomic mass is 9.76. The molecular weight excluding hydrogens is 530 g/mol. The topological polar surface area (TPSA) is 81.7 Å². The maximum absolute atomic E-state index is 12.6. The summed E-state index contributed by atoms with van der Waals surface area (Å²) in [5.74, 6) is 0.745. The molecule has 0 bridgehead atoms. The van der Waals surface area contributed by atoms with E-state index in [0.29, 0.717) is 41.0 Å². The van der Waals surface area contributed by atoms with Gasteiger partial charge in [-0.15, -0.1) is 11.3 Å². The zero-order valence-electron chi connectivity index (χ0n) is 21.0. The number of alkyl carbamates (subject to hydrolysis) is 1. The molecule has 2 unspecified atom stereocenters. The second kappa shape index (κ2) is 12.3. The Balaban J connectivity index is 1.48. The molecule has 0 saturated carbocycles. The van der Waals surface area contributed by atoms with Crippen LogP contribution < -0.4 is 10.1 Å². The van der Waals surface area contributed by atoms with Gasteiger partial charge >= 0.3 is 6.09 Å². The van der Waals surface area contributed by atoms with Gasteiger partial charge in [0.15, 0.2) is 9.84 Å². The predicted octanol–water partition coefficient (Wildman–Crippen LogP) is 6.34. The zero-order valence-corrected chi connectivity index (χ0v) is 23.4. The molecule has 2 aromatic carbocycles. The number of aryl methyl sites for hydroxylation is 2. The van der Waals surface area contributed by atoms with Crippen LogP contribution >= 0.6 is 22.9 Å². The van der Waals surface area contributed by atoms with Crippen molar-refractivity contribution < 1.29 is 22.7 Å². The molecule has 37 heavy (non-hydrogen) atoms. The Labute approximate surface area is 227 Å². The van der Waals surface area contributed by atoms with Gasteiger partial charge in [-0.3, -0.25) is 0 Å². The Kier molecular flexibility index (Phi) is 9.16. The van der Waals surface area contributed by atoms with Crippen LogP contribution in [0.3, 0.4) is 0 Å². The quantitative estimate of drug-likeness (QED) is 0.292. The second-order valence-electron chi connectivity index (χ2n) is 9.20. The number of benzene rings is 2. The third kappa shape index (κ3) is 7.27. The van der Waals surface area contributed by atoms with Crippen molar-refractivity contribution in [2.24, 2.45) is 0 Å². The molecule has 1 aliphatic carbocycles. The van der Waals surface area contributed by atoms with Gasteiger partial charge in [-0.1, -0.05) is 29.8 Å². The number of carbonyl (C=O) groups is 1. The van der Waals surface area contributed by atoms with Crippen LogP contribution in [0.25, 0.3) is 0 Å². The molecule has 198 valence electrons. The highest BCUT2D eigenvalue weighted by Gasteiger charge is 2.31. The first-order chi connectivity index (χ1) is 17.7.